The molecule has 6 heteroatoms. The molecule has 0 atom stereocenters. The Balaban J connectivity index is 4.74. The summed E-state index contributed by atoms with van der Waals surface area (Å²) in [6.07, 6.45) is 0. The van der Waals surface area contributed by atoms with Gasteiger partial charge in [0.15, 0.2) is 16.1 Å². The van der Waals surface area contributed by atoms with E-state index in [2.05, 4.69) is 11.1 Å². The van der Waals surface area contributed by atoms with Gasteiger partial charge in [0.25, 0.3) is 0 Å². The van der Waals surface area contributed by atoms with E-state index in [0.717, 1.165) is 0 Å². The van der Waals surface area contributed by atoms with Gasteiger partial charge in [0, 0.05) is 0 Å². The Hall–Kier alpha value is 1.15. The molecule has 0 unspecified atom stereocenters. The van der Waals surface area contributed by atoms with Crippen LogP contribution < -0.4 is 0 Å². The minimum Gasteiger partial charge on any atom is -0.135 e. The van der Waals surface area contributed by atoms with Crippen LogP contribution in [0.4, 0.5) is 0 Å². The summed E-state index contributed by atoms with van der Waals surface area (Å²) < 4.78 is -0.743. The van der Waals surface area contributed by atoms with Gasteiger partial charge in [-0.25, -0.2) is 0 Å². The van der Waals surface area contributed by atoms with E-state index in [4.69, 9.17) is 46.4 Å². The molecule has 0 aromatic rings. The fourth-order valence-corrected chi connectivity index (χ4v) is 3.88. The fraction of sp³-hybridized carbons (Fsp3) is 0.750. The first-order chi connectivity index (χ1) is 6.09. The zero-order chi connectivity index (χ0) is 11.6. The minimum atomic E-state index is -1.85. The zero-order valence-electron chi connectivity index (χ0n) is 8.67. The predicted octanol–water partition coefficient (Wildman–Crippen LogP) is 4.17. The number of alkyl halides is 4. The van der Waals surface area contributed by atoms with Crippen molar-refractivity contribution in [2.75, 3.05) is 0 Å². The third-order valence-corrected chi connectivity index (χ3v) is 12.3. The molecular weight excluding hydrogens is 294 g/mol. The summed E-state index contributed by atoms with van der Waals surface area (Å²) in [6.45, 7) is 8.14. The Kier molecular flexibility index (Phi) is 5.92. The molecule has 82 valence electrons. The Morgan fingerprint density at radius 1 is 0.714 bits per heavy atom. The first-order valence-corrected chi connectivity index (χ1v) is 12.1. The molecule has 0 aromatic carbocycles. The third-order valence-electron chi connectivity index (χ3n) is 1.80. The summed E-state index contributed by atoms with van der Waals surface area (Å²) in [5.74, 6) is 0. The highest BCUT2D eigenvalue weighted by Crippen LogP contribution is 2.20. The highest BCUT2D eigenvalue weighted by atomic mass is 35.5. The number of hydrogen-bond donors (Lipinski definition) is 0. The van der Waals surface area contributed by atoms with Gasteiger partial charge < -0.3 is 0 Å². The van der Waals surface area contributed by atoms with Crippen molar-refractivity contribution < 1.29 is 0 Å². The maximum atomic E-state index is 5.85. The second-order valence-electron chi connectivity index (χ2n) is 4.29. The van der Waals surface area contributed by atoms with Crippen LogP contribution in [0.5, 0.6) is 0 Å². The molecule has 0 rings (SSSR count). The number of rotatable bonds is 2. The van der Waals surface area contributed by atoms with Crippen molar-refractivity contribution in [3.8, 4) is 11.1 Å². The van der Waals surface area contributed by atoms with Crippen molar-refractivity contribution in [2.24, 2.45) is 0 Å². The van der Waals surface area contributed by atoms with Crippen LogP contribution in [-0.2, 0) is 0 Å². The molecule has 0 amide bonds. The molecule has 0 N–H and O–H groups in total. The fourth-order valence-electron chi connectivity index (χ4n) is 0.431. The second kappa shape index (κ2) is 5.47. The molecule has 0 radical (unpaired) electrons. The molecule has 14 heavy (non-hydrogen) atoms. The molecule has 0 heterocycles. The first-order valence-electron chi connectivity index (χ1n) is 4.20. The Bertz CT molecular complexity index is 226. The van der Waals surface area contributed by atoms with Gasteiger partial charge in [-0.15, -0.1) is 57.5 Å². The topological polar surface area (TPSA) is 0 Å². The van der Waals surface area contributed by atoms with Crippen molar-refractivity contribution in [3.05, 3.63) is 0 Å². The van der Waals surface area contributed by atoms with Crippen molar-refractivity contribution in [1.29, 1.82) is 0 Å². The molecule has 0 aliphatic rings. The van der Waals surface area contributed by atoms with E-state index >= 15 is 0 Å². The van der Waals surface area contributed by atoms with Gasteiger partial charge in [0.2, 0.25) is 0 Å². The Morgan fingerprint density at radius 2 is 0.929 bits per heavy atom. The molecule has 0 spiro atoms. The van der Waals surface area contributed by atoms with Gasteiger partial charge in [0.1, 0.15) is 8.92 Å². The summed E-state index contributed by atoms with van der Waals surface area (Å²) in [5.41, 5.74) is 6.40. The average molecular weight is 308 g/mol. The molecule has 0 aliphatic heterocycles. The average Bonchev–Trinajstić information content (AvgIpc) is 2.01. The van der Waals surface area contributed by atoms with Crippen molar-refractivity contribution in [2.45, 2.75) is 35.1 Å². The maximum absolute atomic E-state index is 5.85. The lowest BCUT2D eigenvalue weighted by molar-refractivity contribution is 1.64. The van der Waals surface area contributed by atoms with Crippen LogP contribution in [0.15, 0.2) is 0 Å². The highest BCUT2D eigenvalue weighted by Gasteiger charge is 2.30. The van der Waals surface area contributed by atoms with Gasteiger partial charge in [-0.05, 0) is 0 Å². The van der Waals surface area contributed by atoms with E-state index in [1.165, 1.54) is 0 Å². The van der Waals surface area contributed by atoms with E-state index in [-0.39, 0.29) is 8.92 Å². The number of halogens is 4. The van der Waals surface area contributed by atoms with E-state index in [9.17, 15) is 0 Å². The van der Waals surface area contributed by atoms with Gasteiger partial charge >= 0.3 is 0 Å². The van der Waals surface area contributed by atoms with E-state index in [1.54, 1.807) is 0 Å². The van der Waals surface area contributed by atoms with Crippen LogP contribution in [0.2, 0.25) is 26.2 Å². The summed E-state index contributed by atoms with van der Waals surface area (Å²) in [5, 5.41) is 0. The van der Waals surface area contributed by atoms with Gasteiger partial charge in [-0.2, -0.15) is 0 Å². The molecule has 0 aliphatic carbocycles. The Morgan fingerprint density at radius 3 is 1.07 bits per heavy atom. The molecule has 0 saturated carbocycles. The number of hydrogen-bond acceptors (Lipinski definition) is 0. The second-order valence-corrected chi connectivity index (χ2v) is 16.5. The summed E-state index contributed by atoms with van der Waals surface area (Å²) in [6, 6.07) is 0. The van der Waals surface area contributed by atoms with E-state index in [1.807, 2.05) is 26.2 Å². The molecule has 0 fully saturated rings. The molecule has 0 saturated heterocycles. The van der Waals surface area contributed by atoms with Crippen LogP contribution in [-0.4, -0.2) is 25.1 Å². The lowest BCUT2D eigenvalue weighted by Crippen LogP contribution is -2.37. The highest BCUT2D eigenvalue weighted by molar-refractivity contribution is 7.01. The van der Waals surface area contributed by atoms with E-state index in [0.29, 0.717) is 0 Å². The molecular formula is C8H14Cl4Si2. The molecule has 0 aromatic heterocycles. The summed E-state index contributed by atoms with van der Waals surface area (Å²) in [4.78, 5) is 0. The monoisotopic (exact) mass is 306 g/mol. The smallest absolute Gasteiger partial charge is 0.135 e. The van der Waals surface area contributed by atoms with Crippen molar-refractivity contribution in [1.82, 2.24) is 0 Å². The van der Waals surface area contributed by atoms with Crippen LogP contribution in [0.25, 0.3) is 0 Å². The van der Waals surface area contributed by atoms with Crippen LogP contribution in [0, 0.1) is 11.1 Å². The molecule has 0 nitrogen and oxygen atoms in total. The largest absolute Gasteiger partial charge is 0.167 e. The van der Waals surface area contributed by atoms with Crippen molar-refractivity contribution in [3.63, 3.8) is 0 Å². The van der Waals surface area contributed by atoms with Gasteiger partial charge in [0.05, 0.1) is 0 Å². The predicted molar refractivity (Wildman–Crippen MR) is 73.7 cm³/mol. The van der Waals surface area contributed by atoms with Crippen molar-refractivity contribution >= 4 is 62.6 Å². The summed E-state index contributed by atoms with van der Waals surface area (Å²) >= 11 is 23.4. The quantitative estimate of drug-likeness (QED) is 0.408. The summed E-state index contributed by atoms with van der Waals surface area (Å²) in [7, 11) is -3.70. The maximum Gasteiger partial charge on any atom is 0.167 e. The molecule has 0 bridgehead atoms. The Labute approximate surface area is 108 Å². The SMILES string of the molecule is C[Si](C)(C#C[Si](C)(C)C(Cl)Cl)C(Cl)Cl. The van der Waals surface area contributed by atoms with Gasteiger partial charge in [-0.1, -0.05) is 26.2 Å². The normalized spacial score (nSPS) is 13.0. The van der Waals surface area contributed by atoms with Crippen LogP contribution >= 0.6 is 46.4 Å². The third kappa shape index (κ3) is 4.78. The lowest BCUT2D eigenvalue weighted by atomic mass is 11.4. The van der Waals surface area contributed by atoms with Crippen LogP contribution in [0.3, 0.4) is 0 Å². The zero-order valence-corrected chi connectivity index (χ0v) is 13.7. The standard InChI is InChI=1S/C8H14Cl4Si2/c1-13(2,7(9)10)5-6-14(3,4)8(11)12/h7-8H,1-4H3. The first kappa shape index (κ1) is 15.2. The van der Waals surface area contributed by atoms with E-state index < -0.39 is 16.1 Å². The van der Waals surface area contributed by atoms with Crippen LogP contribution in [0.1, 0.15) is 0 Å². The van der Waals surface area contributed by atoms with Gasteiger partial charge in [-0.3, -0.25) is 0 Å². The minimum absolute atomic E-state index is 0.371. The lowest BCUT2D eigenvalue weighted by Gasteiger charge is -2.19.